The molecule has 0 radical (unpaired) electrons. The SMILES string of the molecule is CN(C)Nc1ccc(CC(=O)O)cc1N. The number of benzene rings is 1. The lowest BCUT2D eigenvalue weighted by Crippen LogP contribution is -2.20. The Balaban J connectivity index is 2.83. The summed E-state index contributed by atoms with van der Waals surface area (Å²) in [7, 11) is 3.70. The van der Waals surface area contributed by atoms with E-state index in [0.29, 0.717) is 11.3 Å². The number of anilines is 2. The maximum atomic E-state index is 10.5. The van der Waals surface area contributed by atoms with Crippen molar-refractivity contribution in [1.29, 1.82) is 0 Å². The van der Waals surface area contributed by atoms with Crippen molar-refractivity contribution in [2.45, 2.75) is 6.42 Å². The van der Waals surface area contributed by atoms with Crippen molar-refractivity contribution in [3.05, 3.63) is 23.8 Å². The van der Waals surface area contributed by atoms with Gasteiger partial charge >= 0.3 is 5.97 Å². The zero-order chi connectivity index (χ0) is 11.4. The minimum atomic E-state index is -0.859. The van der Waals surface area contributed by atoms with E-state index < -0.39 is 5.97 Å². The first kappa shape index (κ1) is 11.3. The van der Waals surface area contributed by atoms with Gasteiger partial charge in [0.25, 0.3) is 0 Å². The van der Waals surface area contributed by atoms with Crippen LogP contribution in [-0.2, 0) is 11.2 Å². The van der Waals surface area contributed by atoms with Gasteiger partial charge in [-0.1, -0.05) is 6.07 Å². The molecule has 0 amide bonds. The Hall–Kier alpha value is -1.75. The molecule has 1 aromatic carbocycles. The average Bonchev–Trinajstić information content (AvgIpc) is 2.08. The van der Waals surface area contributed by atoms with Crippen LogP contribution in [0, 0.1) is 0 Å². The number of carbonyl (C=O) groups is 1. The monoisotopic (exact) mass is 209 g/mol. The molecule has 0 atom stereocenters. The van der Waals surface area contributed by atoms with Crippen molar-refractivity contribution in [2.24, 2.45) is 0 Å². The Morgan fingerprint density at radius 1 is 1.53 bits per heavy atom. The van der Waals surface area contributed by atoms with E-state index in [2.05, 4.69) is 5.43 Å². The van der Waals surface area contributed by atoms with E-state index in [0.717, 1.165) is 5.69 Å². The lowest BCUT2D eigenvalue weighted by Gasteiger charge is -2.15. The highest BCUT2D eigenvalue weighted by molar-refractivity contribution is 5.73. The van der Waals surface area contributed by atoms with E-state index in [-0.39, 0.29) is 6.42 Å². The highest BCUT2D eigenvalue weighted by atomic mass is 16.4. The lowest BCUT2D eigenvalue weighted by molar-refractivity contribution is -0.136. The van der Waals surface area contributed by atoms with Crippen molar-refractivity contribution < 1.29 is 9.90 Å². The highest BCUT2D eigenvalue weighted by Gasteiger charge is 2.04. The number of hydrazine groups is 1. The predicted octanol–water partition coefficient (Wildman–Crippen LogP) is 0.784. The standard InChI is InChI=1S/C10H15N3O2/c1-13(2)12-9-4-3-7(5-8(9)11)6-10(14)15/h3-5,12H,6,11H2,1-2H3,(H,14,15). The largest absolute Gasteiger partial charge is 0.481 e. The molecule has 0 spiro atoms. The van der Waals surface area contributed by atoms with E-state index in [9.17, 15) is 4.79 Å². The van der Waals surface area contributed by atoms with Gasteiger partial charge in [0.2, 0.25) is 0 Å². The predicted molar refractivity (Wildman–Crippen MR) is 59.5 cm³/mol. The number of aliphatic carboxylic acids is 1. The first-order valence-electron chi connectivity index (χ1n) is 4.53. The first-order chi connectivity index (χ1) is 6.99. The molecule has 0 aliphatic rings. The zero-order valence-electron chi connectivity index (χ0n) is 8.82. The van der Waals surface area contributed by atoms with Crippen LogP contribution in [0.1, 0.15) is 5.56 Å². The molecule has 0 saturated heterocycles. The van der Waals surface area contributed by atoms with E-state index in [4.69, 9.17) is 10.8 Å². The normalized spacial score (nSPS) is 10.3. The number of hydrogen-bond acceptors (Lipinski definition) is 4. The topological polar surface area (TPSA) is 78.6 Å². The van der Waals surface area contributed by atoms with Crippen LogP contribution in [0.15, 0.2) is 18.2 Å². The molecule has 0 heterocycles. The Kier molecular flexibility index (Phi) is 3.51. The van der Waals surface area contributed by atoms with Gasteiger partial charge in [0, 0.05) is 14.1 Å². The summed E-state index contributed by atoms with van der Waals surface area (Å²) in [5.41, 5.74) is 10.8. The van der Waals surface area contributed by atoms with Crippen LogP contribution in [0.25, 0.3) is 0 Å². The number of rotatable bonds is 4. The molecule has 82 valence electrons. The van der Waals surface area contributed by atoms with Gasteiger partial charge < -0.3 is 16.3 Å². The van der Waals surface area contributed by atoms with Gasteiger partial charge in [0.15, 0.2) is 0 Å². The van der Waals surface area contributed by atoms with Gasteiger partial charge in [0.1, 0.15) is 0 Å². The Morgan fingerprint density at radius 3 is 2.67 bits per heavy atom. The van der Waals surface area contributed by atoms with E-state index in [1.54, 1.807) is 23.2 Å². The second-order valence-electron chi connectivity index (χ2n) is 3.50. The Morgan fingerprint density at radius 2 is 2.20 bits per heavy atom. The van der Waals surface area contributed by atoms with Crippen molar-refractivity contribution in [3.8, 4) is 0 Å². The molecule has 5 nitrogen and oxygen atoms in total. The van der Waals surface area contributed by atoms with Crippen molar-refractivity contribution in [2.75, 3.05) is 25.3 Å². The molecule has 0 aliphatic heterocycles. The number of nitrogen functional groups attached to an aromatic ring is 1. The smallest absolute Gasteiger partial charge is 0.307 e. The first-order valence-corrected chi connectivity index (χ1v) is 4.53. The Bertz CT molecular complexity index is 364. The maximum Gasteiger partial charge on any atom is 0.307 e. The summed E-state index contributed by atoms with van der Waals surface area (Å²) in [5, 5.41) is 10.4. The van der Waals surface area contributed by atoms with Crippen LogP contribution in [0.5, 0.6) is 0 Å². The number of hydrogen-bond donors (Lipinski definition) is 3. The fraction of sp³-hybridized carbons (Fsp3) is 0.300. The summed E-state index contributed by atoms with van der Waals surface area (Å²) < 4.78 is 0. The second kappa shape index (κ2) is 4.65. The highest BCUT2D eigenvalue weighted by Crippen LogP contribution is 2.20. The van der Waals surface area contributed by atoms with Gasteiger partial charge in [-0.3, -0.25) is 4.79 Å². The van der Waals surface area contributed by atoms with Crippen LogP contribution in [0.3, 0.4) is 0 Å². The molecule has 1 rings (SSSR count). The summed E-state index contributed by atoms with van der Waals surface area (Å²) in [6, 6.07) is 5.18. The molecule has 15 heavy (non-hydrogen) atoms. The van der Waals surface area contributed by atoms with Gasteiger partial charge in [-0.15, -0.1) is 0 Å². The average molecular weight is 209 g/mol. The quantitative estimate of drug-likeness (QED) is 0.504. The van der Waals surface area contributed by atoms with Crippen LogP contribution >= 0.6 is 0 Å². The van der Waals surface area contributed by atoms with Gasteiger partial charge in [0.05, 0.1) is 17.8 Å². The third-order valence-electron chi connectivity index (χ3n) is 1.82. The molecular weight excluding hydrogens is 194 g/mol. The third kappa shape index (κ3) is 3.47. The number of nitrogens with two attached hydrogens (primary N) is 1. The molecule has 0 bridgehead atoms. The van der Waals surface area contributed by atoms with Crippen LogP contribution in [0.4, 0.5) is 11.4 Å². The number of nitrogens with one attached hydrogen (secondary N) is 1. The fourth-order valence-corrected chi connectivity index (χ4v) is 1.24. The lowest BCUT2D eigenvalue weighted by atomic mass is 10.1. The molecule has 1 aromatic rings. The molecule has 0 fully saturated rings. The van der Waals surface area contributed by atoms with E-state index in [1.165, 1.54) is 0 Å². The summed E-state index contributed by atoms with van der Waals surface area (Å²) >= 11 is 0. The maximum absolute atomic E-state index is 10.5. The zero-order valence-corrected chi connectivity index (χ0v) is 8.82. The Labute approximate surface area is 88.5 Å². The molecule has 0 unspecified atom stereocenters. The van der Waals surface area contributed by atoms with Crippen LogP contribution < -0.4 is 11.2 Å². The van der Waals surface area contributed by atoms with Crippen LogP contribution in [0.2, 0.25) is 0 Å². The van der Waals surface area contributed by atoms with E-state index >= 15 is 0 Å². The van der Waals surface area contributed by atoms with Gasteiger partial charge in [-0.2, -0.15) is 0 Å². The van der Waals surface area contributed by atoms with Crippen molar-refractivity contribution in [3.63, 3.8) is 0 Å². The second-order valence-corrected chi connectivity index (χ2v) is 3.50. The van der Waals surface area contributed by atoms with Gasteiger partial charge in [-0.05, 0) is 17.7 Å². The summed E-state index contributed by atoms with van der Waals surface area (Å²) in [5.74, 6) is -0.859. The van der Waals surface area contributed by atoms with Crippen molar-refractivity contribution >= 4 is 17.3 Å². The molecular formula is C10H15N3O2. The minimum Gasteiger partial charge on any atom is -0.481 e. The molecule has 0 saturated carbocycles. The summed E-state index contributed by atoms with van der Waals surface area (Å²) in [4.78, 5) is 10.5. The fourth-order valence-electron chi connectivity index (χ4n) is 1.24. The third-order valence-corrected chi connectivity index (χ3v) is 1.82. The molecule has 0 aliphatic carbocycles. The summed E-state index contributed by atoms with van der Waals surface area (Å²) in [6.07, 6.45) is -0.00750. The van der Waals surface area contributed by atoms with Gasteiger partial charge in [-0.25, -0.2) is 5.01 Å². The number of nitrogens with zero attached hydrogens (tertiary/aromatic N) is 1. The molecule has 0 aromatic heterocycles. The molecule has 4 N–H and O–H groups in total. The minimum absolute atomic E-state index is 0.00750. The molecule has 5 heteroatoms. The van der Waals surface area contributed by atoms with E-state index in [1.807, 2.05) is 14.1 Å². The summed E-state index contributed by atoms with van der Waals surface area (Å²) in [6.45, 7) is 0. The number of carboxylic acids is 1. The van der Waals surface area contributed by atoms with Crippen molar-refractivity contribution in [1.82, 2.24) is 5.01 Å². The van der Waals surface area contributed by atoms with Crippen LogP contribution in [-0.4, -0.2) is 30.2 Å². The number of carboxylic acid groups (broad SMARTS) is 1.